The Kier molecular flexibility index (Phi) is 40.7. The van der Waals surface area contributed by atoms with E-state index in [1.165, 1.54) is 128 Å². The Balaban J connectivity index is 4.41. The Labute approximate surface area is 337 Å². The average molecular weight is 766 g/mol. The molecule has 0 saturated carbocycles. The van der Waals surface area contributed by atoms with E-state index in [0.29, 0.717) is 25.7 Å². The van der Waals surface area contributed by atoms with E-state index in [4.69, 9.17) is 9.47 Å². The molecule has 0 amide bonds. The molecule has 3 unspecified atom stereocenters. The van der Waals surface area contributed by atoms with Crippen molar-refractivity contribution in [2.45, 2.75) is 239 Å². The maximum absolute atomic E-state index is 13.0. The Morgan fingerprint density at radius 2 is 0.889 bits per heavy atom. The zero-order chi connectivity index (χ0) is 39.7. The minimum absolute atomic E-state index is 0.0335. The number of aliphatic hydroxyl groups is 2. The quantitative estimate of drug-likeness (QED) is 0.0365. The molecule has 0 spiro atoms. The number of allylic oxidation sites excluding steroid dienone is 1. The normalized spacial score (nSPS) is 13.3. The summed E-state index contributed by atoms with van der Waals surface area (Å²) in [5.41, 5.74) is 0. The van der Waals surface area contributed by atoms with Gasteiger partial charge in [-0.25, -0.2) is 0 Å². The van der Waals surface area contributed by atoms with E-state index < -0.39 is 0 Å². The fraction of sp³-hybridized carbons (Fsp3) is 0.938. The lowest BCUT2D eigenvalue weighted by molar-refractivity contribution is -0.149. The van der Waals surface area contributed by atoms with E-state index in [1.54, 1.807) is 0 Å². The molecule has 0 aromatic carbocycles. The van der Waals surface area contributed by atoms with Crippen molar-refractivity contribution < 1.29 is 24.5 Å². The van der Waals surface area contributed by atoms with E-state index in [-0.39, 0.29) is 24.6 Å². The summed E-state index contributed by atoms with van der Waals surface area (Å²) >= 11 is 0. The molecular formula is C48H95NO5. The minimum atomic E-state index is -0.364. The Morgan fingerprint density at radius 1 is 0.500 bits per heavy atom. The van der Waals surface area contributed by atoms with Crippen LogP contribution in [0, 0.1) is 11.8 Å². The van der Waals surface area contributed by atoms with Crippen LogP contribution in [0.3, 0.4) is 0 Å². The molecule has 0 aliphatic carbocycles. The molecule has 0 saturated heterocycles. The molecule has 0 radical (unpaired) electrons. The van der Waals surface area contributed by atoms with Crippen LogP contribution in [0.5, 0.6) is 0 Å². The number of unbranched alkanes of at least 4 members (excludes halogenated alkanes) is 20. The van der Waals surface area contributed by atoms with E-state index in [9.17, 15) is 15.0 Å². The lowest BCUT2D eigenvalue weighted by Gasteiger charge is -2.25. The minimum Gasteiger partial charge on any atom is -0.498 e. The second kappa shape index (κ2) is 41.5. The lowest BCUT2D eigenvalue weighted by Crippen LogP contribution is -2.34. The van der Waals surface area contributed by atoms with Crippen LogP contribution in [0.25, 0.3) is 0 Å². The van der Waals surface area contributed by atoms with Gasteiger partial charge in [-0.05, 0) is 70.8 Å². The number of carbonyl (C=O) groups is 1. The van der Waals surface area contributed by atoms with Crippen molar-refractivity contribution in [2.75, 3.05) is 39.5 Å². The summed E-state index contributed by atoms with van der Waals surface area (Å²) in [6.45, 7) is 17.2. The third kappa shape index (κ3) is 34.2. The van der Waals surface area contributed by atoms with Gasteiger partial charge in [0.2, 0.25) is 0 Å². The lowest BCUT2D eigenvalue weighted by atomic mass is 9.93. The molecule has 0 heterocycles. The van der Waals surface area contributed by atoms with Crippen molar-refractivity contribution in [2.24, 2.45) is 11.8 Å². The molecule has 0 aliphatic rings. The molecule has 6 nitrogen and oxygen atoms in total. The fourth-order valence-electron chi connectivity index (χ4n) is 7.69. The average Bonchev–Trinajstić information content (AvgIpc) is 3.17. The summed E-state index contributed by atoms with van der Waals surface area (Å²) in [6.07, 6.45) is 37.0. The predicted molar refractivity (Wildman–Crippen MR) is 233 cm³/mol. The van der Waals surface area contributed by atoms with Gasteiger partial charge in [0.1, 0.15) is 0 Å². The fourth-order valence-corrected chi connectivity index (χ4v) is 7.69. The van der Waals surface area contributed by atoms with E-state index in [1.807, 2.05) is 0 Å². The van der Waals surface area contributed by atoms with Crippen LogP contribution >= 0.6 is 0 Å². The Morgan fingerprint density at radius 3 is 1.43 bits per heavy atom. The van der Waals surface area contributed by atoms with Gasteiger partial charge in [0, 0.05) is 25.6 Å². The standard InChI is InChI=1S/C48H95NO5/c1-6-10-14-18-20-26-34-45(33-24-16-12-8-3)44(5)53-41-31-28-37-47(51)43-49(39-32-40-50)38-29-22-23-30-42-54-48(52)46(35-25-17-13-9-4)36-27-21-19-15-11-7-2/h45-47,50-51H,5-43H2,1-4H3. The van der Waals surface area contributed by atoms with Crippen molar-refractivity contribution in [3.8, 4) is 0 Å². The number of ether oxygens (including phenoxy) is 2. The van der Waals surface area contributed by atoms with Crippen LogP contribution in [-0.4, -0.2) is 66.6 Å². The highest BCUT2D eigenvalue weighted by Crippen LogP contribution is 2.26. The summed E-state index contributed by atoms with van der Waals surface area (Å²) < 4.78 is 12.0. The van der Waals surface area contributed by atoms with Gasteiger partial charge in [-0.15, -0.1) is 0 Å². The summed E-state index contributed by atoms with van der Waals surface area (Å²) in [7, 11) is 0. The topological polar surface area (TPSA) is 79.2 Å². The smallest absolute Gasteiger partial charge is 0.308 e. The van der Waals surface area contributed by atoms with Crippen LogP contribution in [0.15, 0.2) is 12.3 Å². The van der Waals surface area contributed by atoms with Gasteiger partial charge >= 0.3 is 5.97 Å². The van der Waals surface area contributed by atoms with Gasteiger partial charge in [-0.1, -0.05) is 176 Å². The predicted octanol–water partition coefficient (Wildman–Crippen LogP) is 13.5. The Hall–Kier alpha value is -1.11. The Bertz CT molecular complexity index is 791. The molecule has 0 aliphatic heterocycles. The SMILES string of the molecule is C=C(OCCCCC(O)CN(CCCO)CCCCCCOC(=O)C(CCCCCC)CCCCCCCC)C(CCCCCC)CCCCCCCC. The highest BCUT2D eigenvalue weighted by atomic mass is 16.5. The number of nitrogens with zero attached hydrogens (tertiary/aromatic N) is 1. The van der Waals surface area contributed by atoms with Crippen molar-refractivity contribution in [1.29, 1.82) is 0 Å². The number of carbonyl (C=O) groups excluding carboxylic acids is 1. The zero-order valence-electron chi connectivity index (χ0n) is 36.9. The summed E-state index contributed by atoms with van der Waals surface area (Å²) in [6, 6.07) is 0. The van der Waals surface area contributed by atoms with Gasteiger partial charge in [0.05, 0.1) is 31.0 Å². The van der Waals surface area contributed by atoms with E-state index >= 15 is 0 Å². The number of rotatable bonds is 44. The third-order valence-electron chi connectivity index (χ3n) is 11.3. The third-order valence-corrected chi connectivity index (χ3v) is 11.3. The molecule has 0 fully saturated rings. The highest BCUT2D eigenvalue weighted by Gasteiger charge is 2.19. The molecule has 3 atom stereocenters. The first-order valence-corrected chi connectivity index (χ1v) is 23.9. The van der Waals surface area contributed by atoms with Gasteiger partial charge < -0.3 is 24.6 Å². The number of hydrogen-bond acceptors (Lipinski definition) is 6. The van der Waals surface area contributed by atoms with Crippen LogP contribution < -0.4 is 0 Å². The van der Waals surface area contributed by atoms with Gasteiger partial charge in [-0.2, -0.15) is 0 Å². The van der Waals surface area contributed by atoms with Crippen LogP contribution in [0.4, 0.5) is 0 Å². The molecular weight excluding hydrogens is 671 g/mol. The van der Waals surface area contributed by atoms with Crippen LogP contribution in [0.1, 0.15) is 233 Å². The molecule has 0 bridgehead atoms. The van der Waals surface area contributed by atoms with Crippen molar-refractivity contribution in [1.82, 2.24) is 4.90 Å². The maximum Gasteiger partial charge on any atom is 0.308 e. The molecule has 0 aromatic heterocycles. The molecule has 54 heavy (non-hydrogen) atoms. The largest absolute Gasteiger partial charge is 0.498 e. The number of aliphatic hydroxyl groups excluding tert-OH is 2. The van der Waals surface area contributed by atoms with Crippen LogP contribution in [0.2, 0.25) is 0 Å². The van der Waals surface area contributed by atoms with Crippen molar-refractivity contribution >= 4 is 5.97 Å². The first kappa shape index (κ1) is 52.9. The van der Waals surface area contributed by atoms with E-state index in [0.717, 1.165) is 95.9 Å². The van der Waals surface area contributed by atoms with Gasteiger partial charge in [-0.3, -0.25) is 4.79 Å². The molecule has 6 heteroatoms. The zero-order valence-corrected chi connectivity index (χ0v) is 36.9. The number of hydrogen-bond donors (Lipinski definition) is 2. The maximum atomic E-state index is 13.0. The molecule has 0 rings (SSSR count). The molecule has 0 aromatic rings. The summed E-state index contributed by atoms with van der Waals surface area (Å²) in [5.74, 6) is 1.57. The second-order valence-corrected chi connectivity index (χ2v) is 16.6. The van der Waals surface area contributed by atoms with E-state index in [2.05, 4.69) is 39.2 Å². The highest BCUT2D eigenvalue weighted by molar-refractivity contribution is 5.72. The van der Waals surface area contributed by atoms with Crippen molar-refractivity contribution in [3.63, 3.8) is 0 Å². The molecule has 322 valence electrons. The second-order valence-electron chi connectivity index (χ2n) is 16.6. The number of esters is 1. The monoisotopic (exact) mass is 766 g/mol. The van der Waals surface area contributed by atoms with Crippen molar-refractivity contribution in [3.05, 3.63) is 12.3 Å². The van der Waals surface area contributed by atoms with Crippen LogP contribution in [-0.2, 0) is 14.3 Å². The van der Waals surface area contributed by atoms with Gasteiger partial charge in [0.15, 0.2) is 0 Å². The first-order valence-electron chi connectivity index (χ1n) is 23.9. The summed E-state index contributed by atoms with van der Waals surface area (Å²) in [4.78, 5) is 15.3. The summed E-state index contributed by atoms with van der Waals surface area (Å²) in [5, 5.41) is 20.3. The molecule has 2 N–H and O–H groups in total. The van der Waals surface area contributed by atoms with Gasteiger partial charge in [0.25, 0.3) is 0 Å². The first-order chi connectivity index (χ1) is 26.4.